The number of H-pyrrole nitrogens is 1. The molecule has 4 atom stereocenters. The van der Waals surface area contributed by atoms with E-state index in [0.717, 1.165) is 17.5 Å². The lowest BCUT2D eigenvalue weighted by Crippen LogP contribution is -2.44. The summed E-state index contributed by atoms with van der Waals surface area (Å²) in [5.74, 6) is -1.17. The Balaban J connectivity index is 1.17. The monoisotopic (exact) mass is 461 g/mol. The van der Waals surface area contributed by atoms with Crippen LogP contribution in [0.25, 0.3) is 10.9 Å². The van der Waals surface area contributed by atoms with Gasteiger partial charge < -0.3 is 19.9 Å². The van der Waals surface area contributed by atoms with Gasteiger partial charge in [-0.15, -0.1) is 0 Å². The summed E-state index contributed by atoms with van der Waals surface area (Å²) in [5.41, 5.74) is 2.42. The lowest BCUT2D eigenvalue weighted by molar-refractivity contribution is -0.137. The molecule has 0 aliphatic carbocycles. The number of likely N-dealkylation sites (tertiary alicyclic amines) is 1. The van der Waals surface area contributed by atoms with Crippen molar-refractivity contribution in [2.24, 2.45) is 11.8 Å². The smallest absolute Gasteiger partial charge is 0.230 e. The van der Waals surface area contributed by atoms with Crippen LogP contribution in [-0.2, 0) is 27.3 Å². The van der Waals surface area contributed by atoms with Crippen LogP contribution in [0.5, 0.6) is 0 Å². The summed E-state index contributed by atoms with van der Waals surface area (Å²) < 4.78 is 6.23. The van der Waals surface area contributed by atoms with Crippen LogP contribution >= 0.6 is 11.6 Å². The highest BCUT2D eigenvalue weighted by Gasteiger charge is 2.66. The minimum absolute atomic E-state index is 0.000384. The highest BCUT2D eigenvalue weighted by atomic mass is 35.5. The van der Waals surface area contributed by atoms with Crippen LogP contribution < -0.4 is 5.32 Å². The molecule has 7 heteroatoms. The summed E-state index contributed by atoms with van der Waals surface area (Å²) in [5, 5.41) is 4.76. The van der Waals surface area contributed by atoms with Gasteiger partial charge in [0.15, 0.2) is 0 Å². The lowest BCUT2D eigenvalue weighted by Gasteiger charge is -2.23. The van der Waals surface area contributed by atoms with Crippen LogP contribution in [0.4, 0.5) is 0 Å². The van der Waals surface area contributed by atoms with Gasteiger partial charge in [-0.05, 0) is 29.7 Å². The molecule has 2 N–H and O–H groups in total. The Labute approximate surface area is 196 Å². The Morgan fingerprint density at radius 1 is 1.18 bits per heavy atom. The van der Waals surface area contributed by atoms with Gasteiger partial charge in [0.1, 0.15) is 5.60 Å². The molecule has 0 unspecified atom stereocenters. The maximum atomic E-state index is 13.4. The Morgan fingerprint density at radius 2 is 2.00 bits per heavy atom. The number of fused-ring (bicyclic) bond motifs is 2. The van der Waals surface area contributed by atoms with Gasteiger partial charge in [0, 0.05) is 35.2 Å². The molecule has 6 rings (SSSR count). The van der Waals surface area contributed by atoms with Crippen molar-refractivity contribution in [3.8, 4) is 0 Å². The standard InChI is InChI=1S/C26H24ClN3O3/c27-19-7-3-1-5-17(19)14-29-24(31)22-21-9-11-26(33-21)15-30(25(32)23(22)26)12-10-16-13-28-20-8-4-2-6-18(16)20/h1-9,11,13,21-23,28H,10,12,14-15H2,(H,29,31)/t21-,22+,23+,26-/m1/s1. The highest BCUT2D eigenvalue weighted by Crippen LogP contribution is 2.51. The number of carbonyl (C=O) groups excluding carboxylic acids is 2. The number of aromatic nitrogens is 1. The summed E-state index contributed by atoms with van der Waals surface area (Å²) in [6.45, 7) is 1.40. The van der Waals surface area contributed by atoms with E-state index in [1.54, 1.807) is 6.07 Å². The number of para-hydroxylation sites is 1. The molecule has 33 heavy (non-hydrogen) atoms. The van der Waals surface area contributed by atoms with E-state index in [2.05, 4.69) is 16.4 Å². The second-order valence-corrected chi connectivity index (χ2v) is 9.49. The van der Waals surface area contributed by atoms with Gasteiger partial charge in [-0.2, -0.15) is 0 Å². The molecule has 2 saturated heterocycles. The maximum Gasteiger partial charge on any atom is 0.230 e. The Bertz CT molecular complexity index is 1280. The number of rotatable bonds is 6. The van der Waals surface area contributed by atoms with Gasteiger partial charge in [-0.1, -0.05) is 60.2 Å². The van der Waals surface area contributed by atoms with Crippen molar-refractivity contribution in [1.82, 2.24) is 15.2 Å². The van der Waals surface area contributed by atoms with E-state index in [0.29, 0.717) is 24.7 Å². The van der Waals surface area contributed by atoms with E-state index in [1.807, 2.05) is 59.6 Å². The van der Waals surface area contributed by atoms with Gasteiger partial charge in [0.2, 0.25) is 11.8 Å². The van der Waals surface area contributed by atoms with Crippen LogP contribution in [0.2, 0.25) is 5.02 Å². The average molecular weight is 462 g/mol. The van der Waals surface area contributed by atoms with Crippen molar-refractivity contribution in [3.63, 3.8) is 0 Å². The fourth-order valence-corrected chi connectivity index (χ4v) is 5.81. The van der Waals surface area contributed by atoms with Crippen molar-refractivity contribution in [3.05, 3.63) is 83.0 Å². The lowest BCUT2D eigenvalue weighted by atomic mass is 9.77. The first-order chi connectivity index (χ1) is 16.1. The van der Waals surface area contributed by atoms with E-state index in [-0.39, 0.29) is 17.9 Å². The minimum Gasteiger partial charge on any atom is -0.361 e. The quantitative estimate of drug-likeness (QED) is 0.552. The van der Waals surface area contributed by atoms with E-state index < -0.39 is 17.4 Å². The Morgan fingerprint density at radius 3 is 2.88 bits per heavy atom. The summed E-state index contributed by atoms with van der Waals surface area (Å²) in [7, 11) is 0. The molecule has 6 nitrogen and oxygen atoms in total. The molecule has 3 aromatic rings. The number of ether oxygens (including phenoxy) is 1. The van der Waals surface area contributed by atoms with E-state index in [4.69, 9.17) is 16.3 Å². The van der Waals surface area contributed by atoms with Gasteiger partial charge in [-0.25, -0.2) is 0 Å². The van der Waals surface area contributed by atoms with Crippen LogP contribution in [0, 0.1) is 11.8 Å². The van der Waals surface area contributed by atoms with Crippen molar-refractivity contribution in [1.29, 1.82) is 0 Å². The first kappa shape index (κ1) is 20.5. The largest absolute Gasteiger partial charge is 0.361 e. The SMILES string of the molecule is O=C(NCc1ccccc1Cl)[C@@H]1[C@H]2C(=O)N(CCc3c[nH]c4ccccc34)C[C@]23C=C[C@H]1O3. The molecular formula is C26H24ClN3O3. The fraction of sp³-hybridized carbons (Fsp3) is 0.308. The molecule has 1 spiro atoms. The summed E-state index contributed by atoms with van der Waals surface area (Å²) in [6, 6.07) is 15.6. The second kappa shape index (κ2) is 7.75. The summed E-state index contributed by atoms with van der Waals surface area (Å²) in [6.07, 6.45) is 6.32. The van der Waals surface area contributed by atoms with Crippen LogP contribution in [0.1, 0.15) is 11.1 Å². The first-order valence-corrected chi connectivity index (χ1v) is 11.7. The minimum atomic E-state index is -0.700. The molecule has 4 heterocycles. The normalized spacial score (nSPS) is 27.5. The molecule has 0 radical (unpaired) electrons. The molecule has 3 aliphatic rings. The molecule has 2 aromatic carbocycles. The maximum absolute atomic E-state index is 13.4. The predicted molar refractivity (Wildman–Crippen MR) is 126 cm³/mol. The topological polar surface area (TPSA) is 74.4 Å². The fourth-order valence-electron chi connectivity index (χ4n) is 5.60. The van der Waals surface area contributed by atoms with Gasteiger partial charge in [0.05, 0.1) is 24.5 Å². The number of benzene rings is 2. The predicted octanol–water partition coefficient (Wildman–Crippen LogP) is 3.46. The number of carbonyl (C=O) groups is 2. The molecule has 2 amide bonds. The van der Waals surface area contributed by atoms with Crippen molar-refractivity contribution >= 4 is 34.3 Å². The zero-order valence-corrected chi connectivity index (χ0v) is 18.7. The molecule has 2 bridgehead atoms. The van der Waals surface area contributed by atoms with E-state index >= 15 is 0 Å². The van der Waals surface area contributed by atoms with Gasteiger partial charge in [-0.3, -0.25) is 9.59 Å². The Hall–Kier alpha value is -3.09. The third-order valence-electron chi connectivity index (χ3n) is 7.22. The second-order valence-electron chi connectivity index (χ2n) is 9.08. The van der Waals surface area contributed by atoms with Crippen LogP contribution in [0.15, 0.2) is 66.9 Å². The van der Waals surface area contributed by atoms with Crippen LogP contribution in [0.3, 0.4) is 0 Å². The molecule has 0 saturated carbocycles. The average Bonchev–Trinajstić information content (AvgIpc) is 3.57. The van der Waals surface area contributed by atoms with Crippen LogP contribution in [-0.4, -0.2) is 46.5 Å². The number of aromatic amines is 1. The van der Waals surface area contributed by atoms with Crippen molar-refractivity contribution in [2.75, 3.05) is 13.1 Å². The van der Waals surface area contributed by atoms with Gasteiger partial charge in [0.25, 0.3) is 0 Å². The molecule has 3 aliphatic heterocycles. The number of amides is 2. The van der Waals surface area contributed by atoms with Gasteiger partial charge >= 0.3 is 0 Å². The third kappa shape index (κ3) is 3.28. The van der Waals surface area contributed by atoms with E-state index in [1.165, 1.54) is 10.9 Å². The summed E-state index contributed by atoms with van der Waals surface area (Å²) in [4.78, 5) is 31.7. The number of hydrogen-bond donors (Lipinski definition) is 2. The number of nitrogens with one attached hydrogen (secondary N) is 2. The zero-order valence-electron chi connectivity index (χ0n) is 18.0. The van der Waals surface area contributed by atoms with Crippen molar-refractivity contribution < 1.29 is 14.3 Å². The Kier molecular flexibility index (Phi) is 4.82. The molecule has 2 fully saturated rings. The van der Waals surface area contributed by atoms with E-state index in [9.17, 15) is 9.59 Å². The summed E-state index contributed by atoms with van der Waals surface area (Å²) >= 11 is 6.22. The third-order valence-corrected chi connectivity index (χ3v) is 7.59. The molecule has 1 aromatic heterocycles. The first-order valence-electron chi connectivity index (χ1n) is 11.3. The molecular weight excluding hydrogens is 438 g/mol. The number of hydrogen-bond acceptors (Lipinski definition) is 3. The zero-order chi connectivity index (χ0) is 22.6. The molecule has 168 valence electrons. The highest BCUT2D eigenvalue weighted by molar-refractivity contribution is 6.31. The number of halogens is 1. The number of nitrogens with zero attached hydrogens (tertiary/aromatic N) is 1. The van der Waals surface area contributed by atoms with Crippen molar-refractivity contribution in [2.45, 2.75) is 24.7 Å².